The molecule has 20 heavy (non-hydrogen) atoms. The van der Waals surface area contributed by atoms with Crippen LogP contribution in [-0.4, -0.2) is 50.3 Å². The highest BCUT2D eigenvalue weighted by atomic mass is 15.5. The molecular weight excluding hydrogens is 252 g/mol. The molecule has 1 aliphatic heterocycles. The van der Waals surface area contributed by atoms with E-state index < -0.39 is 0 Å². The van der Waals surface area contributed by atoms with Crippen LogP contribution in [0.4, 0.5) is 5.69 Å². The molecule has 0 spiro atoms. The zero-order chi connectivity index (χ0) is 13.9. The molecule has 2 heterocycles. The maximum absolute atomic E-state index is 3.91. The highest BCUT2D eigenvalue weighted by Gasteiger charge is 2.23. The Labute approximate surface area is 118 Å². The fourth-order valence-electron chi connectivity index (χ4n) is 2.63. The van der Waals surface area contributed by atoms with Crippen LogP contribution in [0.25, 0.3) is 5.69 Å². The molecule has 1 aromatic heterocycles. The van der Waals surface area contributed by atoms with Crippen LogP contribution in [0.5, 0.6) is 0 Å². The van der Waals surface area contributed by atoms with Crippen molar-refractivity contribution < 1.29 is 0 Å². The van der Waals surface area contributed by atoms with Crippen LogP contribution >= 0.6 is 0 Å². The maximum Gasteiger partial charge on any atom is 0.143 e. The van der Waals surface area contributed by atoms with Gasteiger partial charge in [-0.15, -0.1) is 5.10 Å². The monoisotopic (exact) mass is 272 g/mol. The van der Waals surface area contributed by atoms with Crippen LogP contribution in [0.1, 0.15) is 20.3 Å². The summed E-state index contributed by atoms with van der Waals surface area (Å²) >= 11 is 0. The van der Waals surface area contributed by atoms with Crippen molar-refractivity contribution in [2.75, 3.05) is 18.4 Å². The van der Waals surface area contributed by atoms with Crippen LogP contribution in [0.2, 0.25) is 0 Å². The summed E-state index contributed by atoms with van der Waals surface area (Å²) in [7, 11) is 0. The number of hydrogen-bond acceptors (Lipinski definition) is 5. The van der Waals surface area contributed by atoms with Crippen molar-refractivity contribution in [2.24, 2.45) is 0 Å². The van der Waals surface area contributed by atoms with E-state index in [0.29, 0.717) is 12.1 Å². The molecule has 0 amide bonds. The summed E-state index contributed by atoms with van der Waals surface area (Å²) in [5.41, 5.74) is 2.09. The first-order valence-corrected chi connectivity index (χ1v) is 7.06. The Morgan fingerprint density at radius 3 is 2.95 bits per heavy atom. The molecule has 6 heteroatoms. The molecule has 0 aliphatic carbocycles. The Balaban J connectivity index is 1.68. The van der Waals surface area contributed by atoms with Gasteiger partial charge in [0.25, 0.3) is 0 Å². The third-order valence-corrected chi connectivity index (χ3v) is 3.78. The summed E-state index contributed by atoms with van der Waals surface area (Å²) in [5.74, 6) is 0. The highest BCUT2D eigenvalue weighted by Crippen LogP contribution is 2.19. The van der Waals surface area contributed by atoms with Crippen LogP contribution in [-0.2, 0) is 0 Å². The topological polar surface area (TPSA) is 58.9 Å². The Hall–Kier alpha value is -1.95. The number of benzene rings is 1. The zero-order valence-corrected chi connectivity index (χ0v) is 11.9. The highest BCUT2D eigenvalue weighted by molar-refractivity contribution is 5.51. The zero-order valence-electron chi connectivity index (χ0n) is 11.9. The summed E-state index contributed by atoms with van der Waals surface area (Å²) in [6.07, 6.45) is 2.79. The normalized spacial score (nSPS) is 19.6. The number of rotatable bonds is 4. The largest absolute Gasteiger partial charge is 0.381 e. The van der Waals surface area contributed by atoms with Gasteiger partial charge >= 0.3 is 0 Å². The van der Waals surface area contributed by atoms with E-state index >= 15 is 0 Å². The lowest BCUT2D eigenvalue weighted by atomic mass is 10.2. The third-order valence-electron chi connectivity index (χ3n) is 3.78. The number of nitrogens with one attached hydrogen (secondary N) is 1. The van der Waals surface area contributed by atoms with Gasteiger partial charge < -0.3 is 5.32 Å². The van der Waals surface area contributed by atoms with Gasteiger partial charge in [-0.25, -0.2) is 4.68 Å². The fraction of sp³-hybridized carbons (Fsp3) is 0.500. The first-order chi connectivity index (χ1) is 9.72. The summed E-state index contributed by atoms with van der Waals surface area (Å²) in [6, 6.07) is 9.32. The predicted molar refractivity (Wildman–Crippen MR) is 77.9 cm³/mol. The van der Waals surface area contributed by atoms with Crippen molar-refractivity contribution >= 4 is 5.69 Å². The van der Waals surface area contributed by atoms with Crippen LogP contribution in [0.3, 0.4) is 0 Å². The molecule has 1 saturated heterocycles. The van der Waals surface area contributed by atoms with E-state index in [2.05, 4.69) is 51.7 Å². The average Bonchev–Trinajstić information content (AvgIpc) is 3.10. The minimum Gasteiger partial charge on any atom is -0.381 e. The molecule has 1 unspecified atom stereocenters. The lowest BCUT2D eigenvalue weighted by Crippen LogP contribution is -2.31. The van der Waals surface area contributed by atoms with E-state index in [-0.39, 0.29) is 0 Å². The van der Waals surface area contributed by atoms with Crippen molar-refractivity contribution in [1.29, 1.82) is 0 Å². The molecule has 2 aromatic rings. The Morgan fingerprint density at radius 1 is 1.35 bits per heavy atom. The summed E-state index contributed by atoms with van der Waals surface area (Å²) in [4.78, 5) is 2.50. The van der Waals surface area contributed by atoms with Crippen LogP contribution in [0.15, 0.2) is 30.6 Å². The average molecular weight is 272 g/mol. The van der Waals surface area contributed by atoms with Crippen molar-refractivity contribution in [1.82, 2.24) is 25.1 Å². The molecule has 106 valence electrons. The second-order valence-corrected chi connectivity index (χ2v) is 5.52. The summed E-state index contributed by atoms with van der Waals surface area (Å²) in [6.45, 7) is 6.77. The van der Waals surface area contributed by atoms with Gasteiger partial charge in [0.05, 0.1) is 5.69 Å². The van der Waals surface area contributed by atoms with Crippen LogP contribution < -0.4 is 5.32 Å². The van der Waals surface area contributed by atoms with Gasteiger partial charge in [-0.1, -0.05) is 6.07 Å². The molecule has 1 aromatic carbocycles. The van der Waals surface area contributed by atoms with Gasteiger partial charge in [0.15, 0.2) is 0 Å². The minimum atomic E-state index is 0.515. The second-order valence-electron chi connectivity index (χ2n) is 5.52. The number of likely N-dealkylation sites (tertiary alicyclic amines) is 1. The van der Waals surface area contributed by atoms with E-state index in [9.17, 15) is 0 Å². The molecule has 0 saturated carbocycles. The van der Waals surface area contributed by atoms with Gasteiger partial charge in [-0.05, 0) is 48.9 Å². The van der Waals surface area contributed by atoms with Gasteiger partial charge in [-0.2, -0.15) is 0 Å². The fourth-order valence-corrected chi connectivity index (χ4v) is 2.63. The van der Waals surface area contributed by atoms with Gasteiger partial charge in [-0.3, -0.25) is 4.90 Å². The van der Waals surface area contributed by atoms with Crippen molar-refractivity contribution in [3.63, 3.8) is 0 Å². The molecule has 1 atom stereocenters. The maximum atomic E-state index is 3.91. The van der Waals surface area contributed by atoms with Crippen molar-refractivity contribution in [3.05, 3.63) is 30.6 Å². The van der Waals surface area contributed by atoms with Gasteiger partial charge in [0.2, 0.25) is 0 Å². The Kier molecular flexibility index (Phi) is 3.64. The van der Waals surface area contributed by atoms with Crippen molar-refractivity contribution in [2.45, 2.75) is 32.4 Å². The van der Waals surface area contributed by atoms with Gasteiger partial charge in [0.1, 0.15) is 6.33 Å². The molecule has 1 fully saturated rings. The standard InChI is InChI=1S/C14H20N6/c1-11(2)19-7-6-13(9-19)16-12-4-3-5-14(8-12)20-10-15-17-18-20/h3-5,8,10-11,13,16H,6-7,9H2,1-2H3. The molecule has 1 aliphatic rings. The minimum absolute atomic E-state index is 0.515. The van der Waals surface area contributed by atoms with Gasteiger partial charge in [0, 0.05) is 30.9 Å². The summed E-state index contributed by atoms with van der Waals surface area (Å²) < 4.78 is 1.67. The van der Waals surface area contributed by atoms with E-state index in [1.807, 2.05) is 12.1 Å². The summed E-state index contributed by atoms with van der Waals surface area (Å²) in [5, 5.41) is 14.9. The number of aromatic nitrogens is 4. The number of anilines is 1. The van der Waals surface area contributed by atoms with Crippen molar-refractivity contribution in [3.8, 4) is 5.69 Å². The first-order valence-electron chi connectivity index (χ1n) is 7.06. The number of tetrazole rings is 1. The van der Waals surface area contributed by atoms with E-state index in [1.165, 1.54) is 13.0 Å². The SMILES string of the molecule is CC(C)N1CCC(Nc2cccc(-n3cnnn3)c2)C1. The molecule has 0 radical (unpaired) electrons. The molecule has 6 nitrogen and oxygen atoms in total. The quantitative estimate of drug-likeness (QED) is 0.915. The molecule has 1 N–H and O–H groups in total. The Bertz CT molecular complexity index is 551. The third kappa shape index (κ3) is 2.80. The second kappa shape index (κ2) is 5.58. The lowest BCUT2D eigenvalue weighted by Gasteiger charge is -2.21. The number of hydrogen-bond donors (Lipinski definition) is 1. The molecule has 0 bridgehead atoms. The molecule has 3 rings (SSSR count). The smallest absolute Gasteiger partial charge is 0.143 e. The van der Waals surface area contributed by atoms with E-state index in [0.717, 1.165) is 17.9 Å². The lowest BCUT2D eigenvalue weighted by molar-refractivity contribution is 0.274. The Morgan fingerprint density at radius 2 is 2.25 bits per heavy atom. The molecular formula is C14H20N6. The predicted octanol–water partition coefficient (Wildman–Crippen LogP) is 1.56. The van der Waals surface area contributed by atoms with E-state index in [1.54, 1.807) is 11.0 Å². The first kappa shape index (κ1) is 13.1. The van der Waals surface area contributed by atoms with E-state index in [4.69, 9.17) is 0 Å². The van der Waals surface area contributed by atoms with Crippen LogP contribution in [0, 0.1) is 0 Å². The number of nitrogens with zero attached hydrogens (tertiary/aromatic N) is 5.